The van der Waals surface area contributed by atoms with Gasteiger partial charge in [0.1, 0.15) is 5.15 Å². The normalized spacial score (nSPS) is 11.0. The summed E-state index contributed by atoms with van der Waals surface area (Å²) < 4.78 is 1.83. The van der Waals surface area contributed by atoms with E-state index in [9.17, 15) is 0 Å². The second kappa shape index (κ2) is 3.26. The summed E-state index contributed by atoms with van der Waals surface area (Å²) in [6, 6.07) is 1.88. The van der Waals surface area contributed by atoms with Crippen LogP contribution >= 0.6 is 11.6 Å². The molecule has 0 atom stereocenters. The number of nitrogens with zero attached hydrogens (tertiary/aromatic N) is 2. The Kier molecular flexibility index (Phi) is 2.55. The van der Waals surface area contributed by atoms with Crippen molar-refractivity contribution in [3.8, 4) is 0 Å². The van der Waals surface area contributed by atoms with Crippen LogP contribution in [0.4, 0.5) is 0 Å². The van der Waals surface area contributed by atoms with E-state index in [4.69, 9.17) is 11.6 Å². The monoisotopic (exact) mass is 172 g/mol. The summed E-state index contributed by atoms with van der Waals surface area (Å²) in [5.41, 5.74) is 0.982. The van der Waals surface area contributed by atoms with Crippen molar-refractivity contribution in [1.29, 1.82) is 0 Å². The molecule has 0 bridgehead atoms. The predicted molar refractivity (Wildman–Crippen MR) is 46.8 cm³/mol. The van der Waals surface area contributed by atoms with Crippen molar-refractivity contribution in [3.63, 3.8) is 0 Å². The van der Waals surface area contributed by atoms with Crippen molar-refractivity contribution >= 4 is 11.6 Å². The van der Waals surface area contributed by atoms with Gasteiger partial charge in [-0.05, 0) is 18.9 Å². The van der Waals surface area contributed by atoms with Crippen molar-refractivity contribution in [2.24, 2.45) is 5.92 Å². The summed E-state index contributed by atoms with van der Waals surface area (Å²) in [6.07, 6.45) is 0. The van der Waals surface area contributed by atoms with E-state index in [1.807, 2.05) is 17.7 Å². The molecule has 0 unspecified atom stereocenters. The van der Waals surface area contributed by atoms with Crippen LogP contribution in [-0.2, 0) is 6.54 Å². The van der Waals surface area contributed by atoms with E-state index in [2.05, 4.69) is 18.9 Å². The van der Waals surface area contributed by atoms with Crippen molar-refractivity contribution in [3.05, 3.63) is 16.9 Å². The highest BCUT2D eigenvalue weighted by molar-refractivity contribution is 6.29. The number of aryl methyl sites for hydroxylation is 1. The Morgan fingerprint density at radius 3 is 2.64 bits per heavy atom. The van der Waals surface area contributed by atoms with Crippen molar-refractivity contribution < 1.29 is 0 Å². The molecule has 62 valence electrons. The summed E-state index contributed by atoms with van der Waals surface area (Å²) in [5.74, 6) is 0.590. The molecule has 0 aliphatic heterocycles. The van der Waals surface area contributed by atoms with Crippen LogP contribution in [-0.4, -0.2) is 9.78 Å². The Labute approximate surface area is 72.2 Å². The molecular weight excluding hydrogens is 160 g/mol. The van der Waals surface area contributed by atoms with Crippen molar-refractivity contribution in [2.45, 2.75) is 27.3 Å². The Bertz CT molecular complexity index is 240. The first kappa shape index (κ1) is 8.60. The summed E-state index contributed by atoms with van der Waals surface area (Å²) in [5, 5.41) is 4.97. The molecule has 0 fully saturated rings. The predicted octanol–water partition coefficient (Wildman–Crippen LogP) is 2.50. The minimum Gasteiger partial charge on any atom is -0.254 e. The highest BCUT2D eigenvalue weighted by Gasteiger charge is 2.03. The number of halogens is 1. The Morgan fingerprint density at radius 1 is 1.64 bits per heavy atom. The van der Waals surface area contributed by atoms with E-state index < -0.39 is 0 Å². The first-order valence-corrected chi connectivity index (χ1v) is 4.17. The molecule has 2 nitrogen and oxygen atoms in total. The fourth-order valence-electron chi connectivity index (χ4n) is 0.988. The average Bonchev–Trinajstić information content (AvgIpc) is 2.09. The zero-order valence-corrected chi connectivity index (χ0v) is 7.89. The molecule has 0 aliphatic carbocycles. The third kappa shape index (κ3) is 2.22. The highest BCUT2D eigenvalue weighted by Crippen LogP contribution is 2.11. The Morgan fingerprint density at radius 2 is 2.27 bits per heavy atom. The molecule has 0 aromatic carbocycles. The quantitative estimate of drug-likeness (QED) is 0.671. The maximum absolute atomic E-state index is 5.89. The first-order chi connectivity index (χ1) is 5.09. The van der Waals surface area contributed by atoms with Gasteiger partial charge in [0.2, 0.25) is 0 Å². The average molecular weight is 173 g/mol. The lowest BCUT2D eigenvalue weighted by Gasteiger charge is -2.04. The molecule has 11 heavy (non-hydrogen) atoms. The fourth-order valence-corrected chi connectivity index (χ4v) is 1.25. The van der Waals surface area contributed by atoms with Gasteiger partial charge in [0.15, 0.2) is 0 Å². The maximum Gasteiger partial charge on any atom is 0.127 e. The Hall–Kier alpha value is -0.500. The van der Waals surface area contributed by atoms with E-state index in [0.29, 0.717) is 5.92 Å². The van der Waals surface area contributed by atoms with Crippen LogP contribution in [0.3, 0.4) is 0 Å². The first-order valence-electron chi connectivity index (χ1n) is 3.79. The molecule has 0 saturated carbocycles. The largest absolute Gasteiger partial charge is 0.254 e. The molecule has 1 rings (SSSR count). The number of hydrogen-bond acceptors (Lipinski definition) is 1. The van der Waals surface area contributed by atoms with Crippen LogP contribution in [0.2, 0.25) is 5.15 Å². The van der Waals surface area contributed by atoms with Gasteiger partial charge in [0.25, 0.3) is 0 Å². The summed E-state index contributed by atoms with van der Waals surface area (Å²) in [4.78, 5) is 0. The summed E-state index contributed by atoms with van der Waals surface area (Å²) >= 11 is 5.89. The van der Waals surface area contributed by atoms with E-state index >= 15 is 0 Å². The molecule has 0 spiro atoms. The molecule has 3 heteroatoms. The lowest BCUT2D eigenvalue weighted by atomic mass is 10.2. The lowest BCUT2D eigenvalue weighted by Crippen LogP contribution is -2.05. The molecule has 0 amide bonds. The molecule has 1 aromatic rings. The van der Waals surface area contributed by atoms with Gasteiger partial charge in [-0.3, -0.25) is 4.68 Å². The fraction of sp³-hybridized carbons (Fsp3) is 0.625. The lowest BCUT2D eigenvalue weighted by molar-refractivity contribution is 0.482. The number of aromatic nitrogens is 2. The summed E-state index contributed by atoms with van der Waals surface area (Å²) in [7, 11) is 0. The number of hydrogen-bond donors (Lipinski definition) is 0. The van der Waals surface area contributed by atoms with Gasteiger partial charge in [0, 0.05) is 6.54 Å². The van der Waals surface area contributed by atoms with Gasteiger partial charge in [-0.25, -0.2) is 0 Å². The molecule has 0 N–H and O–H groups in total. The zero-order valence-electron chi connectivity index (χ0n) is 7.13. The van der Waals surface area contributed by atoms with Crippen LogP contribution in [0.25, 0.3) is 0 Å². The van der Waals surface area contributed by atoms with Gasteiger partial charge in [-0.2, -0.15) is 5.10 Å². The second-order valence-electron chi connectivity index (χ2n) is 3.18. The van der Waals surface area contributed by atoms with E-state index in [1.165, 1.54) is 0 Å². The van der Waals surface area contributed by atoms with E-state index in [1.54, 1.807) is 0 Å². The summed E-state index contributed by atoms with van der Waals surface area (Å²) in [6.45, 7) is 7.13. The third-order valence-corrected chi connectivity index (χ3v) is 1.70. The minimum absolute atomic E-state index is 0.590. The zero-order chi connectivity index (χ0) is 8.43. The van der Waals surface area contributed by atoms with Crippen LogP contribution in [0.5, 0.6) is 0 Å². The van der Waals surface area contributed by atoms with E-state index in [-0.39, 0.29) is 0 Å². The van der Waals surface area contributed by atoms with Crippen LogP contribution in [0.1, 0.15) is 19.5 Å². The van der Waals surface area contributed by atoms with Gasteiger partial charge < -0.3 is 0 Å². The Balaban J connectivity index is 2.77. The smallest absolute Gasteiger partial charge is 0.127 e. The van der Waals surface area contributed by atoms with Gasteiger partial charge in [-0.1, -0.05) is 25.4 Å². The molecule has 0 aliphatic rings. The van der Waals surface area contributed by atoms with Crippen LogP contribution in [0, 0.1) is 12.8 Å². The van der Waals surface area contributed by atoms with Gasteiger partial charge in [-0.15, -0.1) is 0 Å². The van der Waals surface area contributed by atoms with Crippen LogP contribution in [0.15, 0.2) is 6.07 Å². The number of rotatable bonds is 2. The second-order valence-corrected chi connectivity index (χ2v) is 3.57. The topological polar surface area (TPSA) is 17.8 Å². The van der Waals surface area contributed by atoms with Crippen molar-refractivity contribution in [1.82, 2.24) is 9.78 Å². The SMILES string of the molecule is Cc1cc(Cl)n(CC(C)C)n1. The van der Waals surface area contributed by atoms with Crippen LogP contribution < -0.4 is 0 Å². The van der Waals surface area contributed by atoms with E-state index in [0.717, 1.165) is 17.4 Å². The maximum atomic E-state index is 5.89. The standard InChI is InChI=1S/C8H13ClN2/c1-6(2)5-11-8(9)4-7(3)10-11/h4,6H,5H2,1-3H3. The van der Waals surface area contributed by atoms with Crippen molar-refractivity contribution in [2.75, 3.05) is 0 Å². The molecular formula is C8H13ClN2. The molecule has 0 radical (unpaired) electrons. The highest BCUT2D eigenvalue weighted by atomic mass is 35.5. The third-order valence-electron chi connectivity index (χ3n) is 1.39. The van der Waals surface area contributed by atoms with Gasteiger partial charge >= 0.3 is 0 Å². The molecule has 0 saturated heterocycles. The van der Waals surface area contributed by atoms with Gasteiger partial charge in [0.05, 0.1) is 5.69 Å². The molecule has 1 heterocycles. The minimum atomic E-state index is 0.590. The molecule has 1 aromatic heterocycles.